The fourth-order valence-corrected chi connectivity index (χ4v) is 3.15. The molecule has 0 radical (unpaired) electrons. The SMILES string of the molecule is CC(=O)O.CN(C)C(c1cccc(O)c1)C1CCCCC1O. The molecule has 0 amide bonds. The first kappa shape index (κ1) is 18.5. The number of hydrogen-bond acceptors (Lipinski definition) is 4. The van der Waals surface area contributed by atoms with Gasteiger partial charge in [-0.25, -0.2) is 0 Å². The summed E-state index contributed by atoms with van der Waals surface area (Å²) in [6.07, 6.45) is 4.03. The van der Waals surface area contributed by atoms with Crippen LogP contribution in [0.2, 0.25) is 0 Å². The monoisotopic (exact) mass is 309 g/mol. The largest absolute Gasteiger partial charge is 0.508 e. The maximum absolute atomic E-state index is 10.2. The van der Waals surface area contributed by atoms with Crippen molar-refractivity contribution in [3.63, 3.8) is 0 Å². The number of aliphatic carboxylic acids is 1. The summed E-state index contributed by atoms with van der Waals surface area (Å²) < 4.78 is 0. The van der Waals surface area contributed by atoms with Gasteiger partial charge in [-0.15, -0.1) is 0 Å². The number of phenols is 1. The first-order valence-electron chi connectivity index (χ1n) is 7.66. The van der Waals surface area contributed by atoms with Crippen LogP contribution in [0.4, 0.5) is 0 Å². The third-order valence-corrected chi connectivity index (χ3v) is 3.96. The Hall–Kier alpha value is -1.59. The van der Waals surface area contributed by atoms with Gasteiger partial charge in [0, 0.05) is 18.9 Å². The highest BCUT2D eigenvalue weighted by Gasteiger charge is 2.32. The van der Waals surface area contributed by atoms with Crippen LogP contribution in [0.1, 0.15) is 44.2 Å². The van der Waals surface area contributed by atoms with Gasteiger partial charge in [0.15, 0.2) is 0 Å². The van der Waals surface area contributed by atoms with E-state index in [0.29, 0.717) is 5.75 Å². The molecule has 0 saturated heterocycles. The smallest absolute Gasteiger partial charge is 0.300 e. The van der Waals surface area contributed by atoms with E-state index in [4.69, 9.17) is 9.90 Å². The highest BCUT2D eigenvalue weighted by molar-refractivity contribution is 5.62. The van der Waals surface area contributed by atoms with Crippen LogP contribution in [0, 0.1) is 5.92 Å². The number of rotatable bonds is 3. The van der Waals surface area contributed by atoms with Gasteiger partial charge in [-0.1, -0.05) is 25.0 Å². The molecule has 0 heterocycles. The fourth-order valence-electron chi connectivity index (χ4n) is 3.15. The molecular formula is C17H27NO4. The van der Waals surface area contributed by atoms with Crippen LogP contribution in [0.15, 0.2) is 24.3 Å². The molecule has 0 bridgehead atoms. The Morgan fingerprint density at radius 3 is 2.36 bits per heavy atom. The molecule has 1 aromatic rings. The normalized spacial score (nSPS) is 22.6. The van der Waals surface area contributed by atoms with Crippen LogP contribution in [0.3, 0.4) is 0 Å². The summed E-state index contributed by atoms with van der Waals surface area (Å²) in [4.78, 5) is 11.1. The molecular weight excluding hydrogens is 282 g/mol. The van der Waals surface area contributed by atoms with Gasteiger partial charge in [0.2, 0.25) is 0 Å². The van der Waals surface area contributed by atoms with E-state index in [1.54, 1.807) is 6.07 Å². The molecule has 3 atom stereocenters. The second kappa shape index (κ2) is 8.76. The van der Waals surface area contributed by atoms with Crippen molar-refractivity contribution in [2.45, 2.75) is 44.8 Å². The molecule has 1 aliphatic rings. The Bertz CT molecular complexity index is 471. The van der Waals surface area contributed by atoms with Gasteiger partial charge in [0.1, 0.15) is 5.75 Å². The van der Waals surface area contributed by atoms with E-state index in [-0.39, 0.29) is 18.1 Å². The van der Waals surface area contributed by atoms with Crippen LogP contribution in [0.5, 0.6) is 5.75 Å². The number of aromatic hydroxyl groups is 1. The first-order valence-corrected chi connectivity index (χ1v) is 7.66. The van der Waals surface area contributed by atoms with Gasteiger partial charge in [-0.05, 0) is 44.6 Å². The van der Waals surface area contributed by atoms with Crippen LogP contribution in [-0.4, -0.2) is 46.4 Å². The molecule has 124 valence electrons. The van der Waals surface area contributed by atoms with E-state index >= 15 is 0 Å². The maximum Gasteiger partial charge on any atom is 0.300 e. The number of carbonyl (C=O) groups is 1. The summed E-state index contributed by atoms with van der Waals surface area (Å²) >= 11 is 0. The Labute approximate surface area is 132 Å². The van der Waals surface area contributed by atoms with Gasteiger partial charge in [-0.3, -0.25) is 4.79 Å². The Kier molecular flexibility index (Phi) is 7.35. The lowest BCUT2D eigenvalue weighted by Gasteiger charge is -2.38. The molecule has 1 saturated carbocycles. The molecule has 2 rings (SSSR count). The maximum atomic E-state index is 10.2. The molecule has 0 spiro atoms. The van der Waals surface area contributed by atoms with Crippen molar-refractivity contribution < 1.29 is 20.1 Å². The predicted molar refractivity (Wildman–Crippen MR) is 85.8 cm³/mol. The zero-order valence-corrected chi connectivity index (χ0v) is 13.6. The molecule has 0 aliphatic heterocycles. The summed E-state index contributed by atoms with van der Waals surface area (Å²) in [6.45, 7) is 1.08. The van der Waals surface area contributed by atoms with Gasteiger partial charge >= 0.3 is 0 Å². The fraction of sp³-hybridized carbons (Fsp3) is 0.588. The highest BCUT2D eigenvalue weighted by atomic mass is 16.4. The zero-order chi connectivity index (χ0) is 16.7. The number of carboxylic acids is 1. The summed E-state index contributed by atoms with van der Waals surface area (Å²) in [5.74, 6) is -0.278. The second-order valence-electron chi connectivity index (χ2n) is 6.04. The first-order chi connectivity index (χ1) is 10.3. The zero-order valence-electron chi connectivity index (χ0n) is 13.6. The van der Waals surface area contributed by atoms with E-state index in [0.717, 1.165) is 31.7 Å². The average Bonchev–Trinajstić information content (AvgIpc) is 2.40. The molecule has 1 fully saturated rings. The quantitative estimate of drug-likeness (QED) is 0.799. The average molecular weight is 309 g/mol. The number of benzene rings is 1. The van der Waals surface area contributed by atoms with E-state index in [1.165, 1.54) is 6.42 Å². The Morgan fingerprint density at radius 2 is 1.86 bits per heavy atom. The topological polar surface area (TPSA) is 81.0 Å². The summed E-state index contributed by atoms with van der Waals surface area (Å²) in [5.41, 5.74) is 1.09. The molecule has 0 aromatic heterocycles. The van der Waals surface area contributed by atoms with Crippen molar-refractivity contribution in [2.75, 3.05) is 14.1 Å². The third-order valence-electron chi connectivity index (χ3n) is 3.96. The van der Waals surface area contributed by atoms with Crippen LogP contribution < -0.4 is 0 Å². The lowest BCUT2D eigenvalue weighted by molar-refractivity contribution is -0.134. The number of carboxylic acid groups (broad SMARTS) is 1. The van der Waals surface area contributed by atoms with Gasteiger partial charge in [-0.2, -0.15) is 0 Å². The van der Waals surface area contributed by atoms with Crippen molar-refractivity contribution >= 4 is 5.97 Å². The number of aliphatic hydroxyl groups is 1. The van der Waals surface area contributed by atoms with Gasteiger partial charge < -0.3 is 20.2 Å². The second-order valence-corrected chi connectivity index (χ2v) is 6.04. The summed E-state index contributed by atoms with van der Waals surface area (Å²) in [6, 6.07) is 7.58. The van der Waals surface area contributed by atoms with Crippen molar-refractivity contribution in [1.29, 1.82) is 0 Å². The molecule has 1 aliphatic carbocycles. The standard InChI is InChI=1S/C15H23NO2.C2H4O2/c1-16(2)15(11-6-5-7-12(17)10-11)13-8-3-4-9-14(13)18;1-2(3)4/h5-7,10,13-15,17-18H,3-4,8-9H2,1-2H3;1H3,(H,3,4). The van der Waals surface area contributed by atoms with Crippen LogP contribution in [-0.2, 0) is 4.79 Å². The summed E-state index contributed by atoms with van der Waals surface area (Å²) in [5, 5.41) is 27.3. The third kappa shape index (κ3) is 5.66. The molecule has 5 nitrogen and oxygen atoms in total. The molecule has 3 unspecified atom stereocenters. The van der Waals surface area contributed by atoms with Crippen LogP contribution >= 0.6 is 0 Å². The van der Waals surface area contributed by atoms with Crippen molar-refractivity contribution in [1.82, 2.24) is 4.90 Å². The molecule has 1 aromatic carbocycles. The Balaban J connectivity index is 0.000000541. The van der Waals surface area contributed by atoms with Gasteiger partial charge in [0.05, 0.1) is 6.10 Å². The van der Waals surface area contributed by atoms with Crippen molar-refractivity contribution in [2.24, 2.45) is 5.92 Å². The van der Waals surface area contributed by atoms with E-state index in [1.807, 2.05) is 32.3 Å². The highest BCUT2D eigenvalue weighted by Crippen LogP contribution is 2.38. The number of aliphatic hydroxyl groups excluding tert-OH is 1. The van der Waals surface area contributed by atoms with E-state index in [2.05, 4.69) is 4.90 Å². The number of hydrogen-bond donors (Lipinski definition) is 3. The molecule has 22 heavy (non-hydrogen) atoms. The van der Waals surface area contributed by atoms with Gasteiger partial charge in [0.25, 0.3) is 5.97 Å². The van der Waals surface area contributed by atoms with Crippen molar-refractivity contribution in [3.8, 4) is 5.75 Å². The summed E-state index contributed by atoms with van der Waals surface area (Å²) in [7, 11) is 4.08. The minimum Gasteiger partial charge on any atom is -0.508 e. The van der Waals surface area contributed by atoms with E-state index in [9.17, 15) is 10.2 Å². The predicted octanol–water partition coefficient (Wildman–Crippen LogP) is 2.64. The number of nitrogens with zero attached hydrogens (tertiary/aromatic N) is 1. The minimum atomic E-state index is -0.833. The molecule has 3 N–H and O–H groups in total. The van der Waals surface area contributed by atoms with E-state index < -0.39 is 5.97 Å². The molecule has 5 heteroatoms. The van der Waals surface area contributed by atoms with Crippen molar-refractivity contribution in [3.05, 3.63) is 29.8 Å². The number of phenolic OH excluding ortho intramolecular Hbond substituents is 1. The Morgan fingerprint density at radius 1 is 1.27 bits per heavy atom. The lowest BCUT2D eigenvalue weighted by atomic mass is 9.78. The van der Waals surface area contributed by atoms with Crippen LogP contribution in [0.25, 0.3) is 0 Å². The minimum absolute atomic E-state index is 0.174. The lowest BCUT2D eigenvalue weighted by Crippen LogP contribution is -2.36.